The fraction of sp³-hybridized carbons (Fsp3) is 1.00. The van der Waals surface area contributed by atoms with Crippen LogP contribution in [0, 0.1) is 11.8 Å². The lowest BCUT2D eigenvalue weighted by molar-refractivity contribution is 0.0625. The molecule has 0 amide bonds. The number of ether oxygens (including phenoxy) is 1. The number of thioether (sulfide) groups is 1. The Morgan fingerprint density at radius 1 is 1.27 bits per heavy atom. The summed E-state index contributed by atoms with van der Waals surface area (Å²) in [5.74, 6) is 3.95. The predicted octanol–water partition coefficient (Wildman–Crippen LogP) is 2.52. The SMILES string of the molecule is CC(C)CSCC(N)CC1CCOCC1. The molecule has 0 aromatic rings. The summed E-state index contributed by atoms with van der Waals surface area (Å²) in [5.41, 5.74) is 6.13. The maximum absolute atomic E-state index is 6.13. The Morgan fingerprint density at radius 3 is 2.53 bits per heavy atom. The average Bonchev–Trinajstić information content (AvgIpc) is 2.18. The van der Waals surface area contributed by atoms with Crippen molar-refractivity contribution < 1.29 is 4.74 Å². The van der Waals surface area contributed by atoms with Gasteiger partial charge in [-0.25, -0.2) is 0 Å². The second kappa shape index (κ2) is 7.53. The third kappa shape index (κ3) is 6.44. The second-order valence-corrected chi connectivity index (χ2v) is 6.06. The largest absolute Gasteiger partial charge is 0.381 e. The monoisotopic (exact) mass is 231 g/mol. The first-order chi connectivity index (χ1) is 7.18. The molecule has 1 fully saturated rings. The Balaban J connectivity index is 2.03. The van der Waals surface area contributed by atoms with E-state index in [-0.39, 0.29) is 0 Å². The van der Waals surface area contributed by atoms with Crippen molar-refractivity contribution in [3.63, 3.8) is 0 Å². The minimum absolute atomic E-state index is 0.386. The van der Waals surface area contributed by atoms with E-state index in [0.29, 0.717) is 6.04 Å². The minimum Gasteiger partial charge on any atom is -0.381 e. The summed E-state index contributed by atoms with van der Waals surface area (Å²) >= 11 is 2.00. The van der Waals surface area contributed by atoms with Gasteiger partial charge in [-0.05, 0) is 36.9 Å². The van der Waals surface area contributed by atoms with Gasteiger partial charge in [0.2, 0.25) is 0 Å². The van der Waals surface area contributed by atoms with Crippen LogP contribution in [0.5, 0.6) is 0 Å². The van der Waals surface area contributed by atoms with E-state index in [9.17, 15) is 0 Å². The summed E-state index contributed by atoms with van der Waals surface area (Å²) in [6.07, 6.45) is 3.61. The smallest absolute Gasteiger partial charge is 0.0468 e. The molecule has 0 spiro atoms. The van der Waals surface area contributed by atoms with E-state index in [0.717, 1.165) is 30.8 Å². The summed E-state index contributed by atoms with van der Waals surface area (Å²) in [5, 5.41) is 0. The molecule has 0 radical (unpaired) electrons. The first-order valence-corrected chi connectivity index (χ1v) is 7.25. The third-order valence-corrected chi connectivity index (χ3v) is 4.33. The Hall–Kier alpha value is 0.270. The quantitative estimate of drug-likeness (QED) is 0.763. The van der Waals surface area contributed by atoms with Gasteiger partial charge in [0.25, 0.3) is 0 Å². The van der Waals surface area contributed by atoms with E-state index in [2.05, 4.69) is 13.8 Å². The molecule has 0 saturated carbocycles. The van der Waals surface area contributed by atoms with Crippen LogP contribution >= 0.6 is 11.8 Å². The fourth-order valence-corrected chi connectivity index (χ4v) is 2.98. The molecule has 3 heteroatoms. The molecule has 1 unspecified atom stereocenters. The molecule has 2 nitrogen and oxygen atoms in total. The molecule has 1 rings (SSSR count). The first-order valence-electron chi connectivity index (χ1n) is 6.09. The highest BCUT2D eigenvalue weighted by molar-refractivity contribution is 7.99. The highest BCUT2D eigenvalue weighted by Crippen LogP contribution is 2.21. The van der Waals surface area contributed by atoms with Crippen LogP contribution in [0.2, 0.25) is 0 Å². The molecule has 1 aliphatic rings. The van der Waals surface area contributed by atoms with Crippen LogP contribution in [0.3, 0.4) is 0 Å². The summed E-state index contributed by atoms with van der Waals surface area (Å²) < 4.78 is 5.35. The Bertz CT molecular complexity index is 158. The summed E-state index contributed by atoms with van der Waals surface area (Å²) in [4.78, 5) is 0. The van der Waals surface area contributed by atoms with Crippen LogP contribution < -0.4 is 5.73 Å². The van der Waals surface area contributed by atoms with Crippen molar-refractivity contribution in [1.29, 1.82) is 0 Å². The topological polar surface area (TPSA) is 35.2 Å². The van der Waals surface area contributed by atoms with Crippen molar-refractivity contribution in [1.82, 2.24) is 0 Å². The van der Waals surface area contributed by atoms with Crippen LogP contribution in [-0.4, -0.2) is 30.8 Å². The molecular weight excluding hydrogens is 206 g/mol. The van der Waals surface area contributed by atoms with Gasteiger partial charge in [0.05, 0.1) is 0 Å². The lowest BCUT2D eigenvalue weighted by Crippen LogP contribution is -2.29. The lowest BCUT2D eigenvalue weighted by Gasteiger charge is -2.24. The van der Waals surface area contributed by atoms with E-state index in [1.165, 1.54) is 25.0 Å². The Labute approximate surface area is 98.3 Å². The van der Waals surface area contributed by atoms with Crippen molar-refractivity contribution in [2.75, 3.05) is 24.7 Å². The molecule has 0 aromatic carbocycles. The maximum Gasteiger partial charge on any atom is 0.0468 e. The van der Waals surface area contributed by atoms with Crippen molar-refractivity contribution in [3.8, 4) is 0 Å². The number of hydrogen-bond acceptors (Lipinski definition) is 3. The van der Waals surface area contributed by atoms with Crippen molar-refractivity contribution in [2.24, 2.45) is 17.6 Å². The van der Waals surface area contributed by atoms with E-state index in [4.69, 9.17) is 10.5 Å². The lowest BCUT2D eigenvalue weighted by atomic mass is 9.93. The molecule has 0 aromatic heterocycles. The van der Waals surface area contributed by atoms with Gasteiger partial charge in [-0.1, -0.05) is 13.8 Å². The summed E-state index contributed by atoms with van der Waals surface area (Å²) in [7, 11) is 0. The Kier molecular flexibility index (Phi) is 6.69. The van der Waals surface area contributed by atoms with Gasteiger partial charge in [-0.3, -0.25) is 0 Å². The maximum atomic E-state index is 6.13. The second-order valence-electron chi connectivity index (χ2n) is 4.98. The molecule has 15 heavy (non-hydrogen) atoms. The Morgan fingerprint density at radius 2 is 1.93 bits per heavy atom. The van der Waals surface area contributed by atoms with Gasteiger partial charge in [0.1, 0.15) is 0 Å². The number of nitrogens with two attached hydrogens (primary N) is 1. The van der Waals surface area contributed by atoms with Crippen LogP contribution in [0.25, 0.3) is 0 Å². The highest BCUT2D eigenvalue weighted by Gasteiger charge is 2.16. The molecule has 1 aliphatic heterocycles. The molecule has 0 aliphatic carbocycles. The highest BCUT2D eigenvalue weighted by atomic mass is 32.2. The van der Waals surface area contributed by atoms with Gasteiger partial charge in [0.15, 0.2) is 0 Å². The van der Waals surface area contributed by atoms with E-state index >= 15 is 0 Å². The zero-order valence-electron chi connectivity index (χ0n) is 10.1. The number of hydrogen-bond donors (Lipinski definition) is 1. The van der Waals surface area contributed by atoms with Gasteiger partial charge in [-0.2, -0.15) is 11.8 Å². The predicted molar refractivity (Wildman–Crippen MR) is 68.3 cm³/mol. The minimum atomic E-state index is 0.386. The van der Waals surface area contributed by atoms with Gasteiger partial charge >= 0.3 is 0 Å². The molecule has 1 atom stereocenters. The van der Waals surface area contributed by atoms with Crippen LogP contribution in [-0.2, 0) is 4.74 Å². The van der Waals surface area contributed by atoms with Crippen molar-refractivity contribution in [3.05, 3.63) is 0 Å². The first kappa shape index (κ1) is 13.3. The zero-order valence-corrected chi connectivity index (χ0v) is 10.9. The molecule has 0 bridgehead atoms. The molecule has 2 N–H and O–H groups in total. The molecule has 90 valence electrons. The normalized spacial score (nSPS) is 20.8. The van der Waals surface area contributed by atoms with Crippen molar-refractivity contribution in [2.45, 2.75) is 39.2 Å². The van der Waals surface area contributed by atoms with Gasteiger partial charge in [0, 0.05) is 25.0 Å². The third-order valence-electron chi connectivity index (χ3n) is 2.76. The van der Waals surface area contributed by atoms with Crippen molar-refractivity contribution >= 4 is 11.8 Å². The zero-order chi connectivity index (χ0) is 11.1. The van der Waals surface area contributed by atoms with Crippen LogP contribution in [0.4, 0.5) is 0 Å². The standard InChI is InChI=1S/C12H25NOS/c1-10(2)8-15-9-12(13)7-11-3-5-14-6-4-11/h10-12H,3-9,13H2,1-2H3. The molecule has 1 saturated heterocycles. The summed E-state index contributed by atoms with van der Waals surface area (Å²) in [6.45, 7) is 6.40. The van der Waals surface area contributed by atoms with E-state index in [1.54, 1.807) is 0 Å². The van der Waals surface area contributed by atoms with Gasteiger partial charge in [-0.15, -0.1) is 0 Å². The average molecular weight is 231 g/mol. The van der Waals surface area contributed by atoms with Crippen LogP contribution in [0.1, 0.15) is 33.1 Å². The number of rotatable bonds is 6. The molecular formula is C12H25NOS. The van der Waals surface area contributed by atoms with E-state index < -0.39 is 0 Å². The summed E-state index contributed by atoms with van der Waals surface area (Å²) in [6, 6.07) is 0.386. The van der Waals surface area contributed by atoms with E-state index in [1.807, 2.05) is 11.8 Å². The van der Waals surface area contributed by atoms with Gasteiger partial charge < -0.3 is 10.5 Å². The fourth-order valence-electron chi connectivity index (χ4n) is 1.93. The van der Waals surface area contributed by atoms with Crippen LogP contribution in [0.15, 0.2) is 0 Å². The molecule has 1 heterocycles.